The number of hydrogen-bond donors (Lipinski definition) is 0. The first-order valence-electron chi connectivity index (χ1n) is 1.91. The Morgan fingerprint density at radius 1 is 1.00 bits per heavy atom. The van der Waals surface area contributed by atoms with Crippen LogP contribution in [0.3, 0.4) is 0 Å². The first-order chi connectivity index (χ1) is 4.18. The van der Waals surface area contributed by atoms with Crippen molar-refractivity contribution in [2.24, 2.45) is 0 Å². The summed E-state index contributed by atoms with van der Waals surface area (Å²) in [5.74, 6) is 0. The summed E-state index contributed by atoms with van der Waals surface area (Å²) in [4.78, 5) is 11.4. The summed E-state index contributed by atoms with van der Waals surface area (Å²) in [5, 5.41) is 0.249. The first-order valence-corrected chi connectivity index (χ1v) is 4.44. The Morgan fingerprint density at radius 3 is 1.78 bits per heavy atom. The van der Waals surface area contributed by atoms with Gasteiger partial charge in [0.2, 0.25) is 5.28 Å². The summed E-state index contributed by atoms with van der Waals surface area (Å²) >= 11 is 9.44. The van der Waals surface area contributed by atoms with Crippen molar-refractivity contribution in [3.8, 4) is 0 Å². The van der Waals surface area contributed by atoms with Gasteiger partial charge in [-0.05, 0) is 11.6 Å². The molecule has 0 unspecified atom stereocenters. The molecular weight excluding hydrogens is 367 g/mol. The average Bonchev–Trinajstić information content (AvgIpc) is 1.59. The minimum absolute atomic E-state index is 0.249. The van der Waals surface area contributed by atoms with E-state index in [9.17, 15) is 0 Å². The van der Waals surface area contributed by atoms with Crippen LogP contribution in [0.15, 0.2) is 0 Å². The van der Waals surface area contributed by atoms with Crippen LogP contribution in [0.5, 0.6) is 0 Å². The lowest BCUT2D eigenvalue weighted by molar-refractivity contribution is 0.967. The van der Waals surface area contributed by atoms with Crippen LogP contribution in [-0.4, -0.2) is 15.0 Å². The van der Waals surface area contributed by atoms with Crippen LogP contribution < -0.4 is 0 Å². The number of aromatic nitrogens is 3. The second kappa shape index (κ2) is 3.24. The van der Waals surface area contributed by atoms with Gasteiger partial charge >= 0.3 is 0 Å². The van der Waals surface area contributed by atoms with Crippen molar-refractivity contribution in [1.29, 1.82) is 0 Å². The van der Waals surface area contributed by atoms with Gasteiger partial charge in [-0.1, -0.05) is 0 Å². The predicted molar refractivity (Wildman–Crippen MR) is 50.3 cm³/mol. The maximum atomic E-state index is 5.48. The SMILES string of the molecule is Clc1nc(I)nc(I)n1. The molecule has 0 atom stereocenters. The molecule has 0 saturated carbocycles. The molecule has 0 aliphatic carbocycles. The summed E-state index contributed by atoms with van der Waals surface area (Å²) < 4.78 is 1.24. The van der Waals surface area contributed by atoms with Crippen LogP contribution >= 0.6 is 56.8 Å². The highest BCUT2D eigenvalue weighted by Crippen LogP contribution is 2.04. The number of halogens is 3. The molecular formula is C3ClI2N3. The Bertz CT molecular complexity index is 178. The van der Waals surface area contributed by atoms with Gasteiger partial charge in [0.05, 0.1) is 0 Å². The van der Waals surface area contributed by atoms with E-state index >= 15 is 0 Å². The lowest BCUT2D eigenvalue weighted by Crippen LogP contribution is -1.94. The van der Waals surface area contributed by atoms with Gasteiger partial charge < -0.3 is 0 Å². The van der Waals surface area contributed by atoms with Crippen molar-refractivity contribution in [2.45, 2.75) is 0 Å². The van der Waals surface area contributed by atoms with E-state index in [1.807, 2.05) is 45.2 Å². The quantitative estimate of drug-likeness (QED) is 0.656. The van der Waals surface area contributed by atoms with Crippen LogP contribution in [0.4, 0.5) is 0 Å². The van der Waals surface area contributed by atoms with Crippen LogP contribution in [0.25, 0.3) is 0 Å². The molecule has 0 saturated heterocycles. The van der Waals surface area contributed by atoms with Crippen molar-refractivity contribution in [3.05, 3.63) is 12.9 Å². The molecule has 0 spiro atoms. The molecule has 0 aromatic carbocycles. The van der Waals surface area contributed by atoms with Gasteiger partial charge in [-0.3, -0.25) is 0 Å². The van der Waals surface area contributed by atoms with E-state index in [-0.39, 0.29) is 5.28 Å². The molecule has 0 radical (unpaired) electrons. The van der Waals surface area contributed by atoms with E-state index < -0.39 is 0 Å². The fourth-order valence-electron chi connectivity index (χ4n) is 0.303. The molecule has 1 rings (SSSR count). The van der Waals surface area contributed by atoms with Crippen molar-refractivity contribution in [2.75, 3.05) is 0 Å². The Balaban J connectivity index is 3.17. The fourth-order valence-corrected chi connectivity index (χ4v) is 2.12. The molecule has 0 bridgehead atoms. The van der Waals surface area contributed by atoms with Crippen molar-refractivity contribution >= 4 is 56.8 Å². The molecule has 9 heavy (non-hydrogen) atoms. The molecule has 1 aromatic heterocycles. The highest BCUT2D eigenvalue weighted by molar-refractivity contribution is 14.1. The normalized spacial score (nSPS) is 9.67. The van der Waals surface area contributed by atoms with Crippen LogP contribution in [0.2, 0.25) is 5.28 Å². The lowest BCUT2D eigenvalue weighted by atomic mass is 11.1. The summed E-state index contributed by atoms with van der Waals surface area (Å²) in [6.45, 7) is 0. The standard InChI is InChI=1S/C3ClI2N3/c4-1-7-2(5)9-3(6)8-1. The van der Waals surface area contributed by atoms with E-state index in [1.54, 1.807) is 0 Å². The maximum Gasteiger partial charge on any atom is 0.227 e. The topological polar surface area (TPSA) is 38.7 Å². The third-order valence-electron chi connectivity index (χ3n) is 0.554. The Hall–Kier alpha value is 0.760. The average molecular weight is 367 g/mol. The third-order valence-corrected chi connectivity index (χ3v) is 1.69. The second-order valence-corrected chi connectivity index (χ2v) is 3.41. The van der Waals surface area contributed by atoms with Gasteiger partial charge in [0.15, 0.2) is 7.66 Å². The number of hydrogen-bond acceptors (Lipinski definition) is 3. The van der Waals surface area contributed by atoms with Crippen LogP contribution in [0.1, 0.15) is 0 Å². The largest absolute Gasteiger partial charge is 0.227 e. The second-order valence-electron chi connectivity index (χ2n) is 1.14. The Kier molecular flexibility index (Phi) is 2.83. The summed E-state index contributed by atoms with van der Waals surface area (Å²) in [6.07, 6.45) is 0. The fraction of sp³-hybridized carbons (Fsp3) is 0. The number of rotatable bonds is 0. The molecule has 0 aliphatic rings. The molecule has 6 heteroatoms. The van der Waals surface area contributed by atoms with Crippen molar-refractivity contribution in [1.82, 2.24) is 15.0 Å². The van der Waals surface area contributed by atoms with Crippen molar-refractivity contribution in [3.63, 3.8) is 0 Å². The summed E-state index contributed by atoms with van der Waals surface area (Å²) in [5.41, 5.74) is 0. The van der Waals surface area contributed by atoms with Gasteiger partial charge in [0, 0.05) is 45.2 Å². The molecule has 3 nitrogen and oxygen atoms in total. The molecule has 0 amide bonds. The molecule has 1 aromatic rings. The Labute approximate surface area is 83.9 Å². The monoisotopic (exact) mass is 367 g/mol. The van der Waals surface area contributed by atoms with E-state index in [0.717, 1.165) is 0 Å². The highest BCUT2D eigenvalue weighted by Gasteiger charge is 1.96. The van der Waals surface area contributed by atoms with E-state index in [2.05, 4.69) is 15.0 Å². The molecule has 1 heterocycles. The molecule has 0 fully saturated rings. The highest BCUT2D eigenvalue weighted by atomic mass is 127. The Morgan fingerprint density at radius 2 is 1.44 bits per heavy atom. The summed E-state index contributed by atoms with van der Waals surface area (Å²) in [7, 11) is 0. The zero-order valence-electron chi connectivity index (χ0n) is 3.98. The van der Waals surface area contributed by atoms with Crippen LogP contribution in [-0.2, 0) is 0 Å². The smallest absolute Gasteiger partial charge is 0.197 e. The van der Waals surface area contributed by atoms with Crippen LogP contribution in [0, 0.1) is 7.66 Å². The van der Waals surface area contributed by atoms with E-state index in [4.69, 9.17) is 11.6 Å². The van der Waals surface area contributed by atoms with Gasteiger partial charge in [-0.2, -0.15) is 15.0 Å². The molecule has 48 valence electrons. The van der Waals surface area contributed by atoms with E-state index in [0.29, 0.717) is 7.66 Å². The first kappa shape index (κ1) is 7.86. The maximum absolute atomic E-state index is 5.48. The van der Waals surface area contributed by atoms with Crippen molar-refractivity contribution < 1.29 is 0 Å². The molecule has 0 N–H and O–H groups in total. The van der Waals surface area contributed by atoms with Gasteiger partial charge in [-0.15, -0.1) is 0 Å². The minimum Gasteiger partial charge on any atom is -0.197 e. The van der Waals surface area contributed by atoms with E-state index in [1.165, 1.54) is 0 Å². The lowest BCUT2D eigenvalue weighted by Gasteiger charge is -1.89. The number of nitrogens with zero attached hydrogens (tertiary/aromatic N) is 3. The minimum atomic E-state index is 0.249. The zero-order chi connectivity index (χ0) is 6.85. The van der Waals surface area contributed by atoms with Gasteiger partial charge in [0.1, 0.15) is 0 Å². The summed E-state index contributed by atoms with van der Waals surface area (Å²) in [6, 6.07) is 0. The van der Waals surface area contributed by atoms with Gasteiger partial charge in [-0.25, -0.2) is 0 Å². The predicted octanol–water partition coefficient (Wildman–Crippen LogP) is 1.73. The zero-order valence-corrected chi connectivity index (χ0v) is 9.05. The van der Waals surface area contributed by atoms with Gasteiger partial charge in [0.25, 0.3) is 0 Å². The third kappa shape index (κ3) is 2.46. The molecule has 0 aliphatic heterocycles.